The third-order valence-electron chi connectivity index (χ3n) is 6.69. The molecule has 0 spiro atoms. The maximum absolute atomic E-state index is 11.8. The molecule has 4 N–H and O–H groups in total. The molecule has 0 radical (unpaired) electrons. The SMILES string of the molecule is CCCCC(CC)Cc1ccccc1C(=C(C#N)C(=O)O)c1ccccc1.Nc1ccccc1C(=O)OCCCO. The Hall–Kier alpha value is -4.41. The van der Waals surface area contributed by atoms with Gasteiger partial charge in [-0.05, 0) is 41.2 Å². The molecule has 0 fully saturated rings. The fourth-order valence-corrected chi connectivity index (χ4v) is 4.44. The van der Waals surface area contributed by atoms with Crippen molar-refractivity contribution >= 4 is 23.2 Å². The molecular weight excluding hydrogens is 516 g/mol. The molecule has 1 atom stereocenters. The Bertz CT molecular complexity index is 1330. The van der Waals surface area contributed by atoms with Gasteiger partial charge >= 0.3 is 11.9 Å². The van der Waals surface area contributed by atoms with Gasteiger partial charge in [-0.2, -0.15) is 5.26 Å². The van der Waals surface area contributed by atoms with Crippen molar-refractivity contribution in [3.8, 4) is 6.07 Å². The molecule has 1 unspecified atom stereocenters. The lowest BCUT2D eigenvalue weighted by Gasteiger charge is -2.19. The maximum atomic E-state index is 11.8. The number of carbonyl (C=O) groups is 2. The highest BCUT2D eigenvalue weighted by molar-refractivity contribution is 6.04. The van der Waals surface area contributed by atoms with Gasteiger partial charge in [0, 0.05) is 24.3 Å². The molecule has 0 saturated carbocycles. The van der Waals surface area contributed by atoms with Crippen molar-refractivity contribution in [2.45, 2.75) is 52.4 Å². The van der Waals surface area contributed by atoms with Gasteiger partial charge in [0.05, 0.1) is 12.2 Å². The largest absolute Gasteiger partial charge is 0.477 e. The number of aliphatic hydroxyl groups excluding tert-OH is 1. The van der Waals surface area contributed by atoms with E-state index < -0.39 is 11.9 Å². The first kappa shape index (κ1) is 32.8. The number of carbonyl (C=O) groups excluding carboxylic acids is 1. The summed E-state index contributed by atoms with van der Waals surface area (Å²) in [6, 6.07) is 25.9. The number of unbranched alkanes of at least 4 members (excludes halogenated alkanes) is 1. The van der Waals surface area contributed by atoms with Crippen LogP contribution in [0.5, 0.6) is 0 Å². The Kier molecular flexibility index (Phi) is 14.4. The van der Waals surface area contributed by atoms with Crippen LogP contribution in [0.3, 0.4) is 0 Å². The average Bonchev–Trinajstić information content (AvgIpc) is 2.99. The zero-order valence-electron chi connectivity index (χ0n) is 23.9. The maximum Gasteiger partial charge on any atom is 0.347 e. The minimum absolute atomic E-state index is 0.0115. The predicted molar refractivity (Wildman–Crippen MR) is 162 cm³/mol. The Morgan fingerprint density at radius 3 is 2.15 bits per heavy atom. The van der Waals surface area contributed by atoms with E-state index in [1.165, 1.54) is 12.8 Å². The molecule has 0 saturated heterocycles. The normalized spacial score (nSPS) is 11.8. The average molecular weight is 557 g/mol. The molecule has 3 aromatic rings. The highest BCUT2D eigenvalue weighted by Crippen LogP contribution is 2.32. The van der Waals surface area contributed by atoms with Gasteiger partial charge in [-0.3, -0.25) is 0 Å². The first-order valence-electron chi connectivity index (χ1n) is 14.0. The quantitative estimate of drug-likeness (QED) is 0.0704. The minimum atomic E-state index is -1.19. The number of nitrogens with two attached hydrogens (primary N) is 1. The smallest absolute Gasteiger partial charge is 0.347 e. The van der Waals surface area contributed by atoms with Crippen LogP contribution in [0.4, 0.5) is 5.69 Å². The Balaban J connectivity index is 0.000000353. The number of ether oxygens (including phenoxy) is 1. The number of hydrogen-bond donors (Lipinski definition) is 3. The molecule has 3 rings (SSSR count). The predicted octanol–water partition coefficient (Wildman–Crippen LogP) is 6.66. The zero-order chi connectivity index (χ0) is 30.0. The number of carboxylic acids is 1. The summed E-state index contributed by atoms with van der Waals surface area (Å²) in [6.45, 7) is 4.62. The monoisotopic (exact) mass is 556 g/mol. The molecule has 216 valence electrons. The molecule has 0 aliphatic rings. The van der Waals surface area contributed by atoms with Gasteiger partial charge in [0.25, 0.3) is 0 Å². The zero-order valence-corrected chi connectivity index (χ0v) is 23.9. The van der Waals surface area contributed by atoms with Crippen LogP contribution in [-0.4, -0.2) is 35.4 Å². The van der Waals surface area contributed by atoms with Crippen LogP contribution in [0.1, 0.15) is 73.0 Å². The fourth-order valence-electron chi connectivity index (χ4n) is 4.44. The van der Waals surface area contributed by atoms with Gasteiger partial charge in [0.2, 0.25) is 0 Å². The first-order chi connectivity index (χ1) is 19.9. The Morgan fingerprint density at radius 2 is 1.56 bits per heavy atom. The van der Waals surface area contributed by atoms with Gasteiger partial charge in [0.1, 0.15) is 11.6 Å². The summed E-state index contributed by atoms with van der Waals surface area (Å²) >= 11 is 0. The molecule has 0 aliphatic heterocycles. The third kappa shape index (κ3) is 10.3. The van der Waals surface area contributed by atoms with Crippen LogP contribution in [0.15, 0.2) is 84.4 Å². The number of nitriles is 1. The van der Waals surface area contributed by atoms with E-state index in [2.05, 4.69) is 19.9 Å². The molecule has 0 bridgehead atoms. The summed E-state index contributed by atoms with van der Waals surface area (Å²) < 4.78 is 4.87. The van der Waals surface area contributed by atoms with Gasteiger partial charge in [-0.1, -0.05) is 106 Å². The van der Waals surface area contributed by atoms with Crippen LogP contribution in [-0.2, 0) is 16.0 Å². The second-order valence-electron chi connectivity index (χ2n) is 9.61. The van der Waals surface area contributed by atoms with E-state index in [0.29, 0.717) is 29.2 Å². The molecule has 0 heterocycles. The molecule has 0 aliphatic carbocycles. The van der Waals surface area contributed by atoms with Gasteiger partial charge in [-0.25, -0.2) is 9.59 Å². The number of aliphatic carboxylic acids is 1. The summed E-state index contributed by atoms with van der Waals surface area (Å²) in [7, 11) is 0. The summed E-state index contributed by atoms with van der Waals surface area (Å²) in [5, 5.41) is 27.6. The van der Waals surface area contributed by atoms with Crippen molar-refractivity contribution in [2.24, 2.45) is 5.92 Å². The van der Waals surface area contributed by atoms with Crippen LogP contribution in [0.2, 0.25) is 0 Å². The van der Waals surface area contributed by atoms with E-state index in [1.54, 1.807) is 24.3 Å². The van der Waals surface area contributed by atoms with Crippen molar-refractivity contribution in [3.63, 3.8) is 0 Å². The van der Waals surface area contributed by atoms with Crippen molar-refractivity contribution in [2.75, 3.05) is 18.9 Å². The van der Waals surface area contributed by atoms with E-state index in [-0.39, 0.29) is 18.8 Å². The second kappa shape index (κ2) is 18.0. The number of rotatable bonds is 13. The number of carboxylic acid groups (broad SMARTS) is 1. The lowest BCUT2D eigenvalue weighted by molar-refractivity contribution is -0.132. The number of nitrogen functional groups attached to an aromatic ring is 1. The number of esters is 1. The molecule has 7 nitrogen and oxygen atoms in total. The number of aliphatic hydroxyl groups is 1. The van der Waals surface area contributed by atoms with Gasteiger partial charge in [0.15, 0.2) is 0 Å². The van der Waals surface area contributed by atoms with Crippen LogP contribution >= 0.6 is 0 Å². The van der Waals surface area contributed by atoms with Crippen LogP contribution in [0, 0.1) is 17.2 Å². The molecule has 41 heavy (non-hydrogen) atoms. The minimum Gasteiger partial charge on any atom is -0.477 e. The Labute approximate surface area is 242 Å². The standard InChI is InChI=1S/C24H27NO2.C10H13NO3/c1-3-5-11-18(4-2)16-20-14-9-10-15-21(20)23(22(17-25)24(26)27)19-12-7-6-8-13-19;11-9-5-2-1-4-8(9)10(13)14-7-3-6-12/h6-10,12-15,18H,3-5,11,16H2,1-2H3,(H,26,27);1-2,4-5,12H,3,6-7,11H2. The van der Waals surface area contributed by atoms with E-state index in [4.69, 9.17) is 15.6 Å². The van der Waals surface area contributed by atoms with E-state index >= 15 is 0 Å². The van der Waals surface area contributed by atoms with Crippen molar-refractivity contribution in [1.82, 2.24) is 0 Å². The molecule has 0 amide bonds. The highest BCUT2D eigenvalue weighted by Gasteiger charge is 2.21. The summed E-state index contributed by atoms with van der Waals surface area (Å²) in [5.74, 6) is -1.08. The summed E-state index contributed by atoms with van der Waals surface area (Å²) in [6.07, 6.45) is 5.95. The fraction of sp³-hybridized carbons (Fsp3) is 0.324. The Morgan fingerprint density at radius 1 is 0.927 bits per heavy atom. The molecular formula is C34H40N2O5. The van der Waals surface area contributed by atoms with E-state index in [0.717, 1.165) is 36.0 Å². The number of hydrogen-bond acceptors (Lipinski definition) is 6. The van der Waals surface area contributed by atoms with Crippen LogP contribution < -0.4 is 5.73 Å². The highest BCUT2D eigenvalue weighted by atomic mass is 16.5. The van der Waals surface area contributed by atoms with Crippen molar-refractivity contribution in [3.05, 3.63) is 107 Å². The number of benzene rings is 3. The number of anilines is 1. The van der Waals surface area contributed by atoms with E-state index in [9.17, 15) is 20.0 Å². The van der Waals surface area contributed by atoms with Crippen LogP contribution in [0.25, 0.3) is 5.57 Å². The molecule has 0 aromatic heterocycles. The number of para-hydroxylation sites is 1. The van der Waals surface area contributed by atoms with Gasteiger partial charge in [-0.15, -0.1) is 0 Å². The lowest BCUT2D eigenvalue weighted by atomic mass is 9.85. The topological polar surface area (TPSA) is 134 Å². The summed E-state index contributed by atoms with van der Waals surface area (Å²) in [4.78, 5) is 23.1. The van der Waals surface area contributed by atoms with Crippen molar-refractivity contribution < 1.29 is 24.5 Å². The first-order valence-corrected chi connectivity index (χ1v) is 14.0. The third-order valence-corrected chi connectivity index (χ3v) is 6.69. The second-order valence-corrected chi connectivity index (χ2v) is 9.61. The molecule has 3 aromatic carbocycles. The van der Waals surface area contributed by atoms with Crippen molar-refractivity contribution in [1.29, 1.82) is 5.26 Å². The summed E-state index contributed by atoms with van der Waals surface area (Å²) in [5.41, 5.74) is 9.34. The number of nitrogens with zero attached hydrogens (tertiary/aromatic N) is 1. The van der Waals surface area contributed by atoms with E-state index in [1.807, 2.05) is 54.6 Å². The lowest BCUT2D eigenvalue weighted by Crippen LogP contribution is -2.09. The van der Waals surface area contributed by atoms with Gasteiger partial charge < -0.3 is 20.7 Å². The molecule has 7 heteroatoms.